The molecule has 2 aromatic carbocycles. The molecule has 1 aliphatic rings. The lowest BCUT2D eigenvalue weighted by Gasteiger charge is -2.27. The molecule has 0 radical (unpaired) electrons. The molecule has 0 fully saturated rings. The van der Waals surface area contributed by atoms with Crippen molar-refractivity contribution < 1.29 is 27.4 Å². The summed E-state index contributed by atoms with van der Waals surface area (Å²) in [6, 6.07) is 15.5. The van der Waals surface area contributed by atoms with E-state index in [9.17, 15) is 13.2 Å². The highest BCUT2D eigenvalue weighted by Gasteiger charge is 2.37. The highest BCUT2D eigenvalue weighted by Crippen LogP contribution is 2.38. The van der Waals surface area contributed by atoms with E-state index in [-0.39, 0.29) is 18.0 Å². The number of hydrazone groups is 1. The summed E-state index contributed by atoms with van der Waals surface area (Å²) in [5, 5.41) is 9.25. The molecule has 0 spiro atoms. The van der Waals surface area contributed by atoms with Gasteiger partial charge in [0.25, 0.3) is 5.91 Å². The second-order valence-corrected chi connectivity index (χ2v) is 12.1. The van der Waals surface area contributed by atoms with E-state index in [1.165, 1.54) is 29.5 Å². The van der Waals surface area contributed by atoms with Crippen molar-refractivity contribution in [3.63, 3.8) is 0 Å². The highest BCUT2D eigenvalue weighted by atomic mass is 32.2. The number of thiophene rings is 1. The van der Waals surface area contributed by atoms with Crippen LogP contribution in [-0.4, -0.2) is 75.4 Å². The second-order valence-electron chi connectivity index (χ2n) is 9.28. The molecule has 0 bridgehead atoms. The summed E-state index contributed by atoms with van der Waals surface area (Å²) in [4.78, 5) is 19.1. The lowest BCUT2D eigenvalue weighted by atomic mass is 10.0. The van der Waals surface area contributed by atoms with Gasteiger partial charge in [0.15, 0.2) is 11.5 Å². The molecule has 41 heavy (non-hydrogen) atoms. The molecule has 1 aliphatic heterocycles. The van der Waals surface area contributed by atoms with Crippen molar-refractivity contribution in [1.29, 1.82) is 0 Å². The number of benzene rings is 2. The third-order valence-corrected chi connectivity index (χ3v) is 9.70. The number of pyridine rings is 1. The number of fused-ring (bicyclic) bond motifs is 1. The van der Waals surface area contributed by atoms with Gasteiger partial charge in [-0.1, -0.05) is 24.3 Å². The molecular formula is C29H30N4O6S2. The van der Waals surface area contributed by atoms with Crippen molar-refractivity contribution in [2.24, 2.45) is 5.10 Å². The molecule has 0 saturated carbocycles. The average Bonchev–Trinajstić information content (AvgIpc) is 3.69. The van der Waals surface area contributed by atoms with Gasteiger partial charge in [0, 0.05) is 43.2 Å². The summed E-state index contributed by atoms with van der Waals surface area (Å²) in [6.45, 7) is -0.317. The summed E-state index contributed by atoms with van der Waals surface area (Å²) in [5.74, 6) is 0.628. The molecule has 1 atom stereocenters. The van der Waals surface area contributed by atoms with Crippen LogP contribution in [0.1, 0.15) is 22.9 Å². The maximum atomic E-state index is 14.0. The van der Waals surface area contributed by atoms with Gasteiger partial charge in [0.2, 0.25) is 10.0 Å². The Morgan fingerprint density at radius 2 is 1.90 bits per heavy atom. The van der Waals surface area contributed by atoms with Crippen molar-refractivity contribution in [3.05, 3.63) is 82.8 Å². The number of nitrogens with zero attached hydrogens (tertiary/aromatic N) is 4. The number of hydrogen-bond donors (Lipinski definition) is 0. The molecule has 10 nitrogen and oxygen atoms in total. The summed E-state index contributed by atoms with van der Waals surface area (Å²) in [6.07, 6.45) is 3.62. The van der Waals surface area contributed by atoms with Crippen LogP contribution in [0.5, 0.6) is 11.5 Å². The average molecular weight is 595 g/mol. The molecule has 0 N–H and O–H groups in total. The van der Waals surface area contributed by atoms with Crippen LogP contribution in [0.25, 0.3) is 10.8 Å². The summed E-state index contributed by atoms with van der Waals surface area (Å²) in [5.41, 5.74) is 1.54. The van der Waals surface area contributed by atoms with Crippen LogP contribution in [0, 0.1) is 0 Å². The number of carbonyl (C=O) groups excluding carboxylic acids is 1. The lowest BCUT2D eigenvalue weighted by Crippen LogP contribution is -2.42. The Morgan fingerprint density at radius 1 is 1.07 bits per heavy atom. The first-order valence-corrected chi connectivity index (χ1v) is 15.2. The monoisotopic (exact) mass is 594 g/mol. The number of methoxy groups -OCH3 is 3. The van der Waals surface area contributed by atoms with Gasteiger partial charge in [-0.05, 0) is 41.3 Å². The van der Waals surface area contributed by atoms with Crippen LogP contribution in [0.3, 0.4) is 0 Å². The molecule has 3 heterocycles. The van der Waals surface area contributed by atoms with E-state index >= 15 is 0 Å². The van der Waals surface area contributed by atoms with Gasteiger partial charge < -0.3 is 14.2 Å². The molecule has 5 rings (SSSR count). The third-order valence-electron chi connectivity index (χ3n) is 6.88. The SMILES string of the molecule is COCCN(CC(=O)N1N=C(c2cccs2)CC1c1ccc(OC)c(OC)c1)S(=O)(=O)c1cccc2cnccc12. The Balaban J connectivity index is 1.51. The van der Waals surface area contributed by atoms with Gasteiger partial charge in [0.1, 0.15) is 0 Å². The molecule has 0 saturated heterocycles. The fraction of sp³-hybridized carbons (Fsp3) is 0.276. The predicted molar refractivity (Wildman–Crippen MR) is 157 cm³/mol. The number of ether oxygens (including phenoxy) is 3. The first-order chi connectivity index (χ1) is 19.9. The summed E-state index contributed by atoms with van der Waals surface area (Å²) >= 11 is 1.53. The quantitative estimate of drug-likeness (QED) is 0.254. The minimum atomic E-state index is -4.09. The van der Waals surface area contributed by atoms with E-state index in [1.807, 2.05) is 29.6 Å². The number of sulfonamides is 1. The van der Waals surface area contributed by atoms with Gasteiger partial charge in [-0.3, -0.25) is 9.78 Å². The number of aromatic nitrogens is 1. The molecule has 4 aromatic rings. The van der Waals surface area contributed by atoms with Crippen LogP contribution >= 0.6 is 11.3 Å². The fourth-order valence-corrected chi connectivity index (χ4v) is 7.12. The zero-order valence-electron chi connectivity index (χ0n) is 22.9. The van der Waals surface area contributed by atoms with E-state index in [0.29, 0.717) is 28.7 Å². The zero-order chi connectivity index (χ0) is 29.0. The Labute approximate surface area is 242 Å². The standard InChI is InChI=1S/C29H30N4O6S2/c1-37-14-13-32(41(35,36)28-8-4-6-21-18-30-12-11-22(21)28)19-29(34)33-24(17-23(31-33)27-7-5-15-40-27)20-9-10-25(38-2)26(16-20)39-3/h4-12,15-16,18,24H,13-14,17,19H2,1-3H3. The van der Waals surface area contributed by atoms with Crippen LogP contribution in [0.2, 0.25) is 0 Å². The molecule has 2 aromatic heterocycles. The van der Waals surface area contributed by atoms with Crippen molar-refractivity contribution in [1.82, 2.24) is 14.3 Å². The largest absolute Gasteiger partial charge is 0.493 e. The predicted octanol–water partition coefficient (Wildman–Crippen LogP) is 4.33. The maximum absolute atomic E-state index is 14.0. The number of hydrogen-bond acceptors (Lipinski definition) is 9. The zero-order valence-corrected chi connectivity index (χ0v) is 24.5. The van der Waals surface area contributed by atoms with Gasteiger partial charge in [-0.25, -0.2) is 13.4 Å². The Hall–Kier alpha value is -3.84. The van der Waals surface area contributed by atoms with Gasteiger partial charge in [0.05, 0.1) is 48.9 Å². The number of amides is 1. The van der Waals surface area contributed by atoms with Crippen LogP contribution in [0.15, 0.2) is 82.4 Å². The van der Waals surface area contributed by atoms with Crippen LogP contribution < -0.4 is 9.47 Å². The first-order valence-electron chi connectivity index (χ1n) is 12.8. The van der Waals surface area contributed by atoms with Gasteiger partial charge >= 0.3 is 0 Å². The number of rotatable bonds is 11. The smallest absolute Gasteiger partial charge is 0.258 e. The summed E-state index contributed by atoms with van der Waals surface area (Å²) in [7, 11) is 0.508. The van der Waals surface area contributed by atoms with Gasteiger partial charge in [-0.2, -0.15) is 9.41 Å². The minimum absolute atomic E-state index is 0.0115. The molecule has 1 amide bonds. The Bertz CT molecular complexity index is 1670. The Morgan fingerprint density at radius 3 is 2.63 bits per heavy atom. The fourth-order valence-electron chi connectivity index (χ4n) is 4.81. The topological polar surface area (TPSA) is 111 Å². The third kappa shape index (κ3) is 5.82. The second kappa shape index (κ2) is 12.4. The first kappa shape index (κ1) is 28.7. The normalized spacial score (nSPS) is 15.4. The van der Waals surface area contributed by atoms with Crippen molar-refractivity contribution in [2.75, 3.05) is 41.0 Å². The molecule has 0 aliphatic carbocycles. The van der Waals surface area contributed by atoms with E-state index in [1.54, 1.807) is 50.9 Å². The minimum Gasteiger partial charge on any atom is -0.493 e. The highest BCUT2D eigenvalue weighted by molar-refractivity contribution is 7.89. The van der Waals surface area contributed by atoms with Crippen molar-refractivity contribution in [2.45, 2.75) is 17.4 Å². The van der Waals surface area contributed by atoms with Crippen LogP contribution in [-0.2, 0) is 19.6 Å². The van der Waals surface area contributed by atoms with E-state index in [4.69, 9.17) is 19.3 Å². The Kier molecular flexibility index (Phi) is 8.64. The van der Waals surface area contributed by atoms with Crippen molar-refractivity contribution in [3.8, 4) is 11.5 Å². The van der Waals surface area contributed by atoms with Crippen molar-refractivity contribution >= 4 is 43.8 Å². The van der Waals surface area contributed by atoms with Gasteiger partial charge in [-0.15, -0.1) is 11.3 Å². The number of carbonyl (C=O) groups is 1. The van der Waals surface area contributed by atoms with E-state index in [0.717, 1.165) is 20.5 Å². The van der Waals surface area contributed by atoms with E-state index in [2.05, 4.69) is 4.98 Å². The lowest BCUT2D eigenvalue weighted by molar-refractivity contribution is -0.133. The molecule has 12 heteroatoms. The maximum Gasteiger partial charge on any atom is 0.258 e. The molecule has 1 unspecified atom stereocenters. The van der Waals surface area contributed by atoms with Crippen LogP contribution in [0.4, 0.5) is 0 Å². The summed E-state index contributed by atoms with van der Waals surface area (Å²) < 4.78 is 45.2. The molecular weight excluding hydrogens is 564 g/mol. The molecule has 214 valence electrons. The van der Waals surface area contributed by atoms with E-state index < -0.39 is 28.5 Å².